The Kier molecular flexibility index (Phi) is 10.8. The van der Waals surface area contributed by atoms with E-state index in [-0.39, 0.29) is 0 Å². The molecule has 2 aromatic rings. The lowest BCUT2D eigenvalue weighted by Gasteiger charge is -2.35. The number of rotatable bonds is 11. The van der Waals surface area contributed by atoms with Gasteiger partial charge in [-0.25, -0.2) is 4.98 Å². The highest BCUT2D eigenvalue weighted by Gasteiger charge is 2.24. The number of aromatic nitrogens is 2. The molecule has 0 radical (unpaired) electrons. The molecule has 9 nitrogen and oxygen atoms in total. The predicted octanol–water partition coefficient (Wildman–Crippen LogP) is 4.71. The van der Waals surface area contributed by atoms with Gasteiger partial charge in [0.2, 0.25) is 5.95 Å². The Balaban J connectivity index is 1.37. The number of methoxy groups -OCH3 is 1. The highest BCUT2D eigenvalue weighted by Crippen LogP contribution is 2.36. The molecule has 0 unspecified atom stereocenters. The zero-order valence-electron chi connectivity index (χ0n) is 26.0. The fourth-order valence-electron chi connectivity index (χ4n) is 6.54. The summed E-state index contributed by atoms with van der Waals surface area (Å²) in [4.78, 5) is 20.3. The van der Waals surface area contributed by atoms with Gasteiger partial charge in [-0.15, -0.1) is 0 Å². The molecule has 4 heterocycles. The van der Waals surface area contributed by atoms with Crippen molar-refractivity contribution in [2.45, 2.75) is 77.8 Å². The van der Waals surface area contributed by atoms with Crippen molar-refractivity contribution in [2.24, 2.45) is 0 Å². The first-order valence-corrected chi connectivity index (χ1v) is 16.3. The summed E-state index contributed by atoms with van der Waals surface area (Å²) in [7, 11) is 1.72. The predicted molar refractivity (Wildman–Crippen MR) is 169 cm³/mol. The Morgan fingerprint density at radius 2 is 1.66 bits per heavy atom. The molecule has 3 saturated heterocycles. The normalized spacial score (nSPS) is 20.5. The molecular formula is C32H53N7O2. The number of hydrogen-bond donors (Lipinski definition) is 1. The second-order valence-electron chi connectivity index (χ2n) is 12.3. The summed E-state index contributed by atoms with van der Waals surface area (Å²) in [6.45, 7) is 18.5. The molecular weight excluding hydrogens is 514 g/mol. The number of fused-ring (bicyclic) bond motifs is 1. The molecule has 0 saturated carbocycles. The number of likely N-dealkylation sites (N-methyl/N-ethyl adjacent to an activating group) is 1. The Hall–Kier alpha value is -2.36. The van der Waals surface area contributed by atoms with E-state index in [4.69, 9.17) is 19.4 Å². The summed E-state index contributed by atoms with van der Waals surface area (Å²) >= 11 is 0. The van der Waals surface area contributed by atoms with Crippen molar-refractivity contribution in [1.82, 2.24) is 24.7 Å². The lowest BCUT2D eigenvalue weighted by atomic mass is 10.0. The van der Waals surface area contributed by atoms with Gasteiger partial charge in [0.25, 0.3) is 0 Å². The number of nitrogens with zero attached hydrogens (tertiary/aromatic N) is 6. The van der Waals surface area contributed by atoms with Crippen molar-refractivity contribution in [1.29, 1.82) is 0 Å². The van der Waals surface area contributed by atoms with Crippen LogP contribution in [0.4, 0.5) is 11.8 Å². The van der Waals surface area contributed by atoms with Gasteiger partial charge in [-0.1, -0.05) is 13.3 Å². The summed E-state index contributed by atoms with van der Waals surface area (Å²) in [5, 5.41) is 4.84. The van der Waals surface area contributed by atoms with E-state index in [0.29, 0.717) is 18.7 Å². The maximum atomic E-state index is 6.33. The van der Waals surface area contributed by atoms with Crippen LogP contribution in [0.25, 0.3) is 10.9 Å². The van der Waals surface area contributed by atoms with Gasteiger partial charge in [-0.05, 0) is 84.6 Å². The summed E-state index contributed by atoms with van der Waals surface area (Å²) < 4.78 is 12.2. The van der Waals surface area contributed by atoms with Crippen molar-refractivity contribution in [3.8, 4) is 11.5 Å². The standard InChI is InChI=1S/C32H53N7O2/c1-5-36-15-9-17-39(21-20-36)32-34-28-24-30(41-22-10-16-37-13-7-6-8-14-37)29(40-4)23-27(28)31(35-32)33-26-11-18-38(19-12-26)25(2)3/h23-26H,5-22H2,1-4H3,(H,33,34,35). The molecule has 0 spiro atoms. The average Bonchev–Trinajstić information content (AvgIpc) is 3.25. The summed E-state index contributed by atoms with van der Waals surface area (Å²) in [6, 6.07) is 5.14. The smallest absolute Gasteiger partial charge is 0.227 e. The zero-order valence-corrected chi connectivity index (χ0v) is 26.0. The molecule has 1 aromatic heterocycles. The molecule has 9 heteroatoms. The Bertz CT molecular complexity index is 1100. The van der Waals surface area contributed by atoms with E-state index in [0.717, 1.165) is 112 Å². The number of likely N-dealkylation sites (tertiary alicyclic amines) is 2. The lowest BCUT2D eigenvalue weighted by Crippen LogP contribution is -2.42. The minimum Gasteiger partial charge on any atom is -0.493 e. The quantitative estimate of drug-likeness (QED) is 0.389. The maximum absolute atomic E-state index is 6.33. The monoisotopic (exact) mass is 567 g/mol. The van der Waals surface area contributed by atoms with Crippen molar-refractivity contribution in [3.63, 3.8) is 0 Å². The van der Waals surface area contributed by atoms with Gasteiger partial charge in [-0.2, -0.15) is 4.98 Å². The van der Waals surface area contributed by atoms with E-state index in [9.17, 15) is 0 Å². The number of hydrogen-bond acceptors (Lipinski definition) is 9. The number of nitrogens with one attached hydrogen (secondary N) is 1. The van der Waals surface area contributed by atoms with Crippen molar-refractivity contribution >= 4 is 22.7 Å². The van der Waals surface area contributed by atoms with Crippen LogP contribution in [-0.4, -0.2) is 116 Å². The van der Waals surface area contributed by atoms with Crippen LogP contribution in [-0.2, 0) is 0 Å². The fraction of sp³-hybridized carbons (Fsp3) is 0.750. The third-order valence-electron chi connectivity index (χ3n) is 9.21. The van der Waals surface area contributed by atoms with Crippen LogP contribution in [0, 0.1) is 0 Å². The van der Waals surface area contributed by atoms with Crippen LogP contribution >= 0.6 is 0 Å². The van der Waals surface area contributed by atoms with Crippen molar-refractivity contribution in [3.05, 3.63) is 12.1 Å². The van der Waals surface area contributed by atoms with E-state index in [2.05, 4.69) is 57.8 Å². The first-order chi connectivity index (χ1) is 20.0. The minimum atomic E-state index is 0.396. The van der Waals surface area contributed by atoms with Crippen LogP contribution in [0.1, 0.15) is 65.7 Å². The Morgan fingerprint density at radius 3 is 2.39 bits per heavy atom. The largest absolute Gasteiger partial charge is 0.493 e. The second-order valence-corrected chi connectivity index (χ2v) is 12.3. The number of piperidine rings is 2. The van der Waals surface area contributed by atoms with Crippen molar-refractivity contribution < 1.29 is 9.47 Å². The summed E-state index contributed by atoms with van der Waals surface area (Å²) in [5.74, 6) is 3.25. The molecule has 1 N–H and O–H groups in total. The van der Waals surface area contributed by atoms with E-state index in [1.54, 1.807) is 7.11 Å². The fourth-order valence-corrected chi connectivity index (χ4v) is 6.54. The van der Waals surface area contributed by atoms with E-state index >= 15 is 0 Å². The SMILES string of the molecule is CCN1CCCN(c2nc(NC3CCN(C(C)C)CC3)c3cc(OC)c(OCCCN4CCCCC4)cc3n2)CC1. The third-order valence-corrected chi connectivity index (χ3v) is 9.21. The van der Waals surface area contributed by atoms with E-state index in [1.165, 1.54) is 32.4 Å². The highest BCUT2D eigenvalue weighted by molar-refractivity contribution is 5.93. The number of benzene rings is 1. The molecule has 0 bridgehead atoms. The third kappa shape index (κ3) is 7.93. The average molecular weight is 568 g/mol. The molecule has 0 atom stereocenters. The van der Waals surface area contributed by atoms with Gasteiger partial charge >= 0.3 is 0 Å². The first kappa shape index (κ1) is 30.1. The first-order valence-electron chi connectivity index (χ1n) is 16.3. The lowest BCUT2D eigenvalue weighted by molar-refractivity contribution is 0.177. The van der Waals surface area contributed by atoms with E-state index in [1.807, 2.05) is 0 Å². The summed E-state index contributed by atoms with van der Waals surface area (Å²) in [6.07, 6.45) is 8.38. The van der Waals surface area contributed by atoms with Gasteiger partial charge in [0, 0.05) is 62.8 Å². The van der Waals surface area contributed by atoms with Crippen LogP contribution in [0.2, 0.25) is 0 Å². The molecule has 228 valence electrons. The van der Waals surface area contributed by atoms with Gasteiger partial charge in [-0.3, -0.25) is 0 Å². The zero-order chi connectivity index (χ0) is 28.6. The molecule has 0 amide bonds. The van der Waals surface area contributed by atoms with Crippen LogP contribution in [0.5, 0.6) is 11.5 Å². The Morgan fingerprint density at radius 1 is 0.878 bits per heavy atom. The molecule has 1 aromatic carbocycles. The molecule has 3 fully saturated rings. The molecule has 3 aliphatic rings. The highest BCUT2D eigenvalue weighted by atomic mass is 16.5. The summed E-state index contributed by atoms with van der Waals surface area (Å²) in [5.41, 5.74) is 0.917. The molecule has 41 heavy (non-hydrogen) atoms. The molecule has 5 rings (SSSR count). The van der Waals surface area contributed by atoms with Crippen molar-refractivity contribution in [2.75, 3.05) is 89.4 Å². The second kappa shape index (κ2) is 14.7. The Labute approximate surface area is 247 Å². The minimum absolute atomic E-state index is 0.396. The number of anilines is 2. The topological polar surface area (TPSA) is 69.2 Å². The van der Waals surface area contributed by atoms with E-state index < -0.39 is 0 Å². The maximum Gasteiger partial charge on any atom is 0.227 e. The molecule has 0 aliphatic carbocycles. The van der Waals surface area contributed by atoms with Crippen LogP contribution in [0.15, 0.2) is 12.1 Å². The number of ether oxygens (including phenoxy) is 2. The van der Waals surface area contributed by atoms with Gasteiger partial charge in [0.1, 0.15) is 5.82 Å². The van der Waals surface area contributed by atoms with Gasteiger partial charge < -0.3 is 34.4 Å². The van der Waals surface area contributed by atoms with Crippen LogP contribution in [0.3, 0.4) is 0 Å². The molecule has 3 aliphatic heterocycles. The van der Waals surface area contributed by atoms with Crippen LogP contribution < -0.4 is 19.7 Å². The van der Waals surface area contributed by atoms with Gasteiger partial charge in [0.05, 0.1) is 19.2 Å². The van der Waals surface area contributed by atoms with Gasteiger partial charge in [0.15, 0.2) is 11.5 Å².